The summed E-state index contributed by atoms with van der Waals surface area (Å²) < 4.78 is 65.9. The summed E-state index contributed by atoms with van der Waals surface area (Å²) in [7, 11) is -4.27. The molecule has 8 heteroatoms. The number of nitrogens with zero attached hydrogens (tertiary/aromatic N) is 1. The van der Waals surface area contributed by atoms with Crippen molar-refractivity contribution in [3.05, 3.63) is 0 Å². The third-order valence-corrected chi connectivity index (χ3v) is 4.83. The maximum atomic E-state index is 11.5. The van der Waals surface area contributed by atoms with Crippen LogP contribution in [-0.2, 0) is 10.1 Å². The van der Waals surface area contributed by atoms with Crippen LogP contribution in [0.15, 0.2) is 0 Å². The molecule has 0 aliphatic rings. The van der Waals surface area contributed by atoms with Gasteiger partial charge < -0.3 is 9.04 Å². The highest BCUT2D eigenvalue weighted by Gasteiger charge is 2.25. The van der Waals surface area contributed by atoms with E-state index in [-0.39, 0.29) is 19.3 Å². The zero-order valence-corrected chi connectivity index (χ0v) is 14.9. The third kappa shape index (κ3) is 14.6. The molecule has 0 radical (unpaired) electrons. The summed E-state index contributed by atoms with van der Waals surface area (Å²) in [4.78, 5) is 0. The molecule has 0 aromatic heterocycles. The van der Waals surface area contributed by atoms with Gasteiger partial charge in [0.05, 0.1) is 36.3 Å². The van der Waals surface area contributed by atoms with Crippen molar-refractivity contribution < 1.29 is 30.6 Å². The zero-order valence-electron chi connectivity index (χ0n) is 14.1. The normalized spacial score (nSPS) is 12.7. The lowest BCUT2D eigenvalue weighted by Gasteiger charge is -2.34. The molecule has 0 rings (SSSR count). The first-order valence-electron chi connectivity index (χ1n) is 7.80. The molecule has 0 saturated carbocycles. The standard InChI is InChI=1S/C8H20N.C6H11F3O3S/c1-5-9(6-2,7-3)8-4;7-6(8,9)4-2-1-3-5-13(10,11)12/h5-8H2,1-4H3;1-5H2,(H,10,11,12)/q+1;/p-1. The molecule has 136 valence electrons. The minimum absolute atomic E-state index is 0.00190. The number of alkyl halides is 3. The topological polar surface area (TPSA) is 57.2 Å². The second kappa shape index (κ2) is 11.2. The van der Waals surface area contributed by atoms with Crippen LogP contribution in [0.5, 0.6) is 0 Å². The molecule has 0 unspecified atom stereocenters. The predicted molar refractivity (Wildman–Crippen MR) is 81.5 cm³/mol. The Morgan fingerprint density at radius 1 is 0.864 bits per heavy atom. The van der Waals surface area contributed by atoms with Crippen LogP contribution in [0.25, 0.3) is 0 Å². The Hall–Kier alpha value is -0.340. The van der Waals surface area contributed by atoms with E-state index in [4.69, 9.17) is 0 Å². The van der Waals surface area contributed by atoms with E-state index < -0.39 is 28.5 Å². The van der Waals surface area contributed by atoms with Crippen molar-refractivity contribution in [3.8, 4) is 0 Å². The first-order chi connectivity index (χ1) is 9.95. The summed E-state index contributed by atoms with van der Waals surface area (Å²) in [6.07, 6.45) is -5.13. The van der Waals surface area contributed by atoms with E-state index in [1.165, 1.54) is 30.7 Å². The van der Waals surface area contributed by atoms with Gasteiger partial charge in [0, 0.05) is 12.2 Å². The van der Waals surface area contributed by atoms with Gasteiger partial charge in [-0.05, 0) is 40.5 Å². The Morgan fingerprint density at radius 2 is 1.27 bits per heavy atom. The van der Waals surface area contributed by atoms with Crippen LogP contribution in [0.3, 0.4) is 0 Å². The Morgan fingerprint density at radius 3 is 1.50 bits per heavy atom. The van der Waals surface area contributed by atoms with E-state index in [0.29, 0.717) is 0 Å². The third-order valence-electron chi connectivity index (χ3n) is 4.04. The van der Waals surface area contributed by atoms with Crippen molar-refractivity contribution >= 4 is 10.1 Å². The van der Waals surface area contributed by atoms with Crippen LogP contribution < -0.4 is 0 Å². The largest absolute Gasteiger partial charge is 0.748 e. The SMILES string of the molecule is CC[N+](CC)(CC)CC.O=S(=O)([O-])CCCCCC(F)(F)F. The molecular formula is C14H30F3NO3S. The van der Waals surface area contributed by atoms with Gasteiger partial charge in [0.15, 0.2) is 0 Å². The van der Waals surface area contributed by atoms with Crippen LogP contribution >= 0.6 is 0 Å². The van der Waals surface area contributed by atoms with E-state index in [0.717, 1.165) is 0 Å². The molecule has 0 aromatic rings. The molecule has 0 amide bonds. The van der Waals surface area contributed by atoms with Crippen molar-refractivity contribution in [1.29, 1.82) is 0 Å². The summed E-state index contributed by atoms with van der Waals surface area (Å²) >= 11 is 0. The first-order valence-corrected chi connectivity index (χ1v) is 9.38. The minimum Gasteiger partial charge on any atom is -0.748 e. The second-order valence-electron chi connectivity index (χ2n) is 5.29. The Balaban J connectivity index is 0. The number of hydrogen-bond acceptors (Lipinski definition) is 3. The van der Waals surface area contributed by atoms with Crippen LogP contribution in [0.2, 0.25) is 0 Å². The molecule has 4 nitrogen and oxygen atoms in total. The molecule has 0 saturated heterocycles. The van der Waals surface area contributed by atoms with Gasteiger partial charge in [-0.1, -0.05) is 6.42 Å². The van der Waals surface area contributed by atoms with Crippen molar-refractivity contribution in [2.24, 2.45) is 0 Å². The predicted octanol–water partition coefficient (Wildman–Crippen LogP) is 3.54. The van der Waals surface area contributed by atoms with Crippen LogP contribution in [0.1, 0.15) is 53.4 Å². The molecule has 0 atom stereocenters. The van der Waals surface area contributed by atoms with E-state index in [1.807, 2.05) is 0 Å². The van der Waals surface area contributed by atoms with Gasteiger partial charge in [-0.25, -0.2) is 8.42 Å². The summed E-state index contributed by atoms with van der Waals surface area (Å²) in [5, 5.41) is 0. The summed E-state index contributed by atoms with van der Waals surface area (Å²) in [6.45, 7) is 14.2. The van der Waals surface area contributed by atoms with Crippen molar-refractivity contribution in [3.63, 3.8) is 0 Å². The van der Waals surface area contributed by atoms with Crippen LogP contribution in [-0.4, -0.2) is 55.6 Å². The van der Waals surface area contributed by atoms with E-state index in [9.17, 15) is 26.1 Å². The minimum atomic E-state index is -4.27. The summed E-state index contributed by atoms with van der Waals surface area (Å²) in [5.41, 5.74) is 0. The van der Waals surface area contributed by atoms with Gasteiger partial charge in [0.2, 0.25) is 0 Å². The lowest BCUT2D eigenvalue weighted by Crippen LogP contribution is -2.47. The average molecular weight is 349 g/mol. The van der Waals surface area contributed by atoms with Crippen molar-refractivity contribution in [1.82, 2.24) is 0 Å². The smallest absolute Gasteiger partial charge is 0.389 e. The zero-order chi connectivity index (χ0) is 17.9. The number of rotatable bonds is 9. The maximum absolute atomic E-state index is 11.5. The highest BCUT2D eigenvalue weighted by atomic mass is 32.2. The van der Waals surface area contributed by atoms with Gasteiger partial charge in [-0.2, -0.15) is 13.2 Å². The fourth-order valence-corrected chi connectivity index (χ4v) is 2.68. The number of unbranched alkanes of at least 4 members (excludes halogenated alkanes) is 2. The Kier molecular flexibility index (Phi) is 12.2. The van der Waals surface area contributed by atoms with Crippen LogP contribution in [0.4, 0.5) is 13.2 Å². The number of halogens is 3. The van der Waals surface area contributed by atoms with Gasteiger partial charge in [0.1, 0.15) is 0 Å². The number of hydrogen-bond donors (Lipinski definition) is 0. The summed E-state index contributed by atoms with van der Waals surface area (Å²) in [5.74, 6) is -0.579. The fraction of sp³-hybridized carbons (Fsp3) is 1.00. The van der Waals surface area contributed by atoms with Gasteiger partial charge >= 0.3 is 6.18 Å². The van der Waals surface area contributed by atoms with E-state index in [1.54, 1.807) is 0 Å². The van der Waals surface area contributed by atoms with E-state index in [2.05, 4.69) is 27.7 Å². The molecular weight excluding hydrogens is 319 g/mol. The van der Waals surface area contributed by atoms with Gasteiger partial charge in [0.25, 0.3) is 0 Å². The van der Waals surface area contributed by atoms with Gasteiger partial charge in [-0.15, -0.1) is 0 Å². The highest BCUT2D eigenvalue weighted by molar-refractivity contribution is 7.85. The molecule has 0 bridgehead atoms. The molecule has 0 fully saturated rings. The van der Waals surface area contributed by atoms with Crippen LogP contribution in [0, 0.1) is 0 Å². The maximum Gasteiger partial charge on any atom is 0.389 e. The Labute approximate surface area is 133 Å². The molecule has 0 heterocycles. The highest BCUT2D eigenvalue weighted by Crippen LogP contribution is 2.22. The lowest BCUT2D eigenvalue weighted by atomic mass is 10.2. The van der Waals surface area contributed by atoms with Crippen molar-refractivity contribution in [2.45, 2.75) is 59.6 Å². The van der Waals surface area contributed by atoms with Crippen molar-refractivity contribution in [2.75, 3.05) is 31.9 Å². The molecule has 0 N–H and O–H groups in total. The average Bonchev–Trinajstić information content (AvgIpc) is 2.40. The molecule has 0 aliphatic heterocycles. The van der Waals surface area contributed by atoms with Gasteiger partial charge in [-0.3, -0.25) is 0 Å². The molecule has 0 spiro atoms. The number of quaternary nitrogens is 1. The second-order valence-corrected chi connectivity index (χ2v) is 6.82. The molecule has 0 aliphatic carbocycles. The summed E-state index contributed by atoms with van der Waals surface area (Å²) in [6, 6.07) is 0. The lowest BCUT2D eigenvalue weighted by molar-refractivity contribution is -0.921. The quantitative estimate of drug-likeness (QED) is 0.363. The first kappa shape index (κ1) is 23.9. The Bertz CT molecular complexity index is 349. The monoisotopic (exact) mass is 349 g/mol. The molecule has 22 heavy (non-hydrogen) atoms. The molecule has 0 aromatic carbocycles. The van der Waals surface area contributed by atoms with E-state index >= 15 is 0 Å². The fourth-order valence-electron chi connectivity index (χ4n) is 2.12.